The van der Waals surface area contributed by atoms with Crippen LogP contribution in [0.3, 0.4) is 0 Å². The quantitative estimate of drug-likeness (QED) is 0.108. The van der Waals surface area contributed by atoms with Crippen molar-refractivity contribution in [2.24, 2.45) is 0 Å². The van der Waals surface area contributed by atoms with Crippen LogP contribution in [-0.2, 0) is 0 Å². The van der Waals surface area contributed by atoms with Gasteiger partial charge in [0.05, 0.1) is 17.8 Å². The van der Waals surface area contributed by atoms with Crippen LogP contribution in [0.1, 0.15) is 44.6 Å². The standard InChI is InChI=1S/C38H38N4/c1-3-14-30(17-13-26-39)16-11-22-35(15-4-2)42-38-23-12-21-32(28-34(38)20-9-6-10-27-41-42)33-24-25-37(40)36(29-33)31-18-7-5-8-19-31/h1,5-14,17-19,22-25,27-29,35,41H,4,15-16,20-21,40H2,2H3/b9-6-,17-13-,22-11-,27-10-,30-14-. The Morgan fingerprint density at radius 1 is 1.12 bits per heavy atom. The predicted molar refractivity (Wildman–Crippen MR) is 177 cm³/mol. The molecule has 42 heavy (non-hydrogen) atoms. The van der Waals surface area contributed by atoms with Gasteiger partial charge in [0.25, 0.3) is 0 Å². The molecule has 0 radical (unpaired) electrons. The summed E-state index contributed by atoms with van der Waals surface area (Å²) in [6.07, 6.45) is 34.2. The van der Waals surface area contributed by atoms with Crippen LogP contribution in [-0.4, -0.2) is 11.1 Å². The van der Waals surface area contributed by atoms with E-state index in [2.05, 4.69) is 90.1 Å². The highest BCUT2D eigenvalue weighted by atomic mass is 15.5. The number of nitrogens with zero attached hydrogens (tertiary/aromatic N) is 2. The number of rotatable bonds is 9. The second-order valence-electron chi connectivity index (χ2n) is 10.2. The second kappa shape index (κ2) is 15.6. The van der Waals surface area contributed by atoms with E-state index in [1.807, 2.05) is 42.6 Å². The van der Waals surface area contributed by atoms with Gasteiger partial charge in [-0.15, -0.1) is 6.42 Å². The van der Waals surface area contributed by atoms with Crippen LogP contribution in [0.25, 0.3) is 16.7 Å². The Labute approximate surface area is 250 Å². The highest BCUT2D eigenvalue weighted by Crippen LogP contribution is 2.34. The average molecular weight is 551 g/mol. The summed E-state index contributed by atoms with van der Waals surface area (Å²) in [6.45, 7) is 2.20. The molecule has 0 aromatic heterocycles. The van der Waals surface area contributed by atoms with Crippen LogP contribution in [0.4, 0.5) is 5.69 Å². The molecule has 1 unspecified atom stereocenters. The van der Waals surface area contributed by atoms with E-state index in [0.29, 0.717) is 6.42 Å². The molecule has 210 valence electrons. The Morgan fingerprint density at radius 2 is 1.98 bits per heavy atom. The Kier molecular flexibility index (Phi) is 11.0. The van der Waals surface area contributed by atoms with Crippen molar-refractivity contribution in [2.75, 3.05) is 5.73 Å². The Hall–Kier alpha value is -5.19. The number of benzene rings is 2. The summed E-state index contributed by atoms with van der Waals surface area (Å²) in [7, 11) is 0. The van der Waals surface area contributed by atoms with Crippen molar-refractivity contribution in [2.45, 2.75) is 45.1 Å². The molecule has 2 aromatic carbocycles. The molecule has 0 saturated carbocycles. The van der Waals surface area contributed by atoms with Crippen molar-refractivity contribution >= 4 is 11.3 Å². The lowest BCUT2D eigenvalue weighted by molar-refractivity contribution is 0.233. The van der Waals surface area contributed by atoms with E-state index in [4.69, 9.17) is 17.4 Å². The van der Waals surface area contributed by atoms with Crippen molar-refractivity contribution in [1.29, 1.82) is 5.26 Å². The summed E-state index contributed by atoms with van der Waals surface area (Å²) in [5.74, 6) is 2.58. The molecule has 4 nitrogen and oxygen atoms in total. The minimum Gasteiger partial charge on any atom is -0.398 e. The molecule has 0 amide bonds. The minimum absolute atomic E-state index is 0.107. The fourth-order valence-corrected chi connectivity index (χ4v) is 5.16. The van der Waals surface area contributed by atoms with Gasteiger partial charge in [-0.1, -0.05) is 92.1 Å². The average Bonchev–Trinajstić information content (AvgIpc) is 3.16. The number of allylic oxidation sites excluding steroid dienone is 13. The van der Waals surface area contributed by atoms with E-state index in [9.17, 15) is 0 Å². The van der Waals surface area contributed by atoms with E-state index in [1.54, 1.807) is 12.2 Å². The first kappa shape index (κ1) is 29.8. The Balaban J connectivity index is 1.71. The number of hydrogen-bond donors (Lipinski definition) is 2. The van der Waals surface area contributed by atoms with Crippen molar-refractivity contribution in [3.05, 3.63) is 144 Å². The number of terminal acetylenes is 1. The molecule has 1 aliphatic carbocycles. The van der Waals surface area contributed by atoms with Crippen LogP contribution in [0.5, 0.6) is 0 Å². The number of hydrogen-bond acceptors (Lipinski definition) is 4. The molecule has 0 saturated heterocycles. The number of hydrazine groups is 1. The zero-order valence-electron chi connectivity index (χ0n) is 24.2. The number of nitrogen functional groups attached to an aromatic ring is 1. The summed E-state index contributed by atoms with van der Waals surface area (Å²) >= 11 is 0. The fourth-order valence-electron chi connectivity index (χ4n) is 5.16. The van der Waals surface area contributed by atoms with E-state index in [1.165, 1.54) is 22.8 Å². The van der Waals surface area contributed by atoms with E-state index in [0.717, 1.165) is 53.8 Å². The lowest BCUT2D eigenvalue weighted by atomic mass is 9.94. The van der Waals surface area contributed by atoms with Crippen molar-refractivity contribution in [3.8, 4) is 29.5 Å². The van der Waals surface area contributed by atoms with E-state index in [-0.39, 0.29) is 6.04 Å². The van der Waals surface area contributed by atoms with E-state index >= 15 is 0 Å². The SMILES string of the molecule is C#C/C=C(\C=C/C#N)C/C=C\C(CCC)N1N/C=C\C=C/CC2=C1C=CCC(c1ccc(N)c(-c3ccccc3)c1)=C2. The number of anilines is 1. The summed E-state index contributed by atoms with van der Waals surface area (Å²) in [4.78, 5) is 0. The van der Waals surface area contributed by atoms with Gasteiger partial charge in [-0.2, -0.15) is 5.26 Å². The summed E-state index contributed by atoms with van der Waals surface area (Å²) in [5.41, 5.74) is 18.6. The molecule has 0 spiro atoms. The maximum Gasteiger partial charge on any atom is 0.0912 e. The highest BCUT2D eigenvalue weighted by molar-refractivity contribution is 5.82. The third-order valence-electron chi connectivity index (χ3n) is 7.22. The first-order valence-corrected chi connectivity index (χ1v) is 14.4. The second-order valence-corrected chi connectivity index (χ2v) is 10.2. The van der Waals surface area contributed by atoms with Gasteiger partial charge < -0.3 is 11.2 Å². The lowest BCUT2D eigenvalue weighted by Gasteiger charge is -2.33. The Morgan fingerprint density at radius 3 is 2.76 bits per heavy atom. The summed E-state index contributed by atoms with van der Waals surface area (Å²) in [5, 5.41) is 11.2. The Bertz CT molecular complexity index is 1560. The molecular formula is C38H38N4. The van der Waals surface area contributed by atoms with Crippen LogP contribution in [0.2, 0.25) is 0 Å². The maximum atomic E-state index is 8.93. The zero-order valence-corrected chi connectivity index (χ0v) is 24.2. The zero-order chi connectivity index (χ0) is 29.6. The first-order valence-electron chi connectivity index (χ1n) is 14.4. The predicted octanol–water partition coefficient (Wildman–Crippen LogP) is 8.57. The van der Waals surface area contributed by atoms with Crippen LogP contribution in [0.15, 0.2) is 138 Å². The van der Waals surface area contributed by atoms with Crippen LogP contribution in [0, 0.1) is 23.7 Å². The normalized spacial score (nSPS) is 17.6. The van der Waals surface area contributed by atoms with Gasteiger partial charge in [0.15, 0.2) is 0 Å². The third kappa shape index (κ3) is 7.94. The number of nitriles is 1. The molecule has 1 aliphatic heterocycles. The van der Waals surface area contributed by atoms with Crippen molar-refractivity contribution < 1.29 is 0 Å². The van der Waals surface area contributed by atoms with Gasteiger partial charge in [-0.25, -0.2) is 0 Å². The van der Waals surface area contributed by atoms with Gasteiger partial charge >= 0.3 is 0 Å². The van der Waals surface area contributed by atoms with Crippen molar-refractivity contribution in [3.63, 3.8) is 0 Å². The molecule has 1 atom stereocenters. The fraction of sp³-hybridized carbons (Fsp3) is 0.184. The molecule has 4 rings (SSSR count). The smallest absolute Gasteiger partial charge is 0.0912 e. The van der Waals surface area contributed by atoms with Gasteiger partial charge in [0, 0.05) is 23.5 Å². The van der Waals surface area contributed by atoms with Gasteiger partial charge in [0.1, 0.15) is 0 Å². The van der Waals surface area contributed by atoms with Crippen LogP contribution < -0.4 is 11.2 Å². The van der Waals surface area contributed by atoms with Crippen molar-refractivity contribution in [1.82, 2.24) is 10.4 Å². The van der Waals surface area contributed by atoms with Gasteiger partial charge in [-0.05, 0) is 90.0 Å². The summed E-state index contributed by atoms with van der Waals surface area (Å²) < 4.78 is 0. The van der Waals surface area contributed by atoms with Crippen LogP contribution >= 0.6 is 0 Å². The van der Waals surface area contributed by atoms with E-state index < -0.39 is 0 Å². The molecule has 3 N–H and O–H groups in total. The maximum absolute atomic E-state index is 8.93. The molecule has 0 fully saturated rings. The van der Waals surface area contributed by atoms with Gasteiger partial charge in [0.2, 0.25) is 0 Å². The number of nitrogens with two attached hydrogens (primary N) is 1. The lowest BCUT2D eigenvalue weighted by Crippen LogP contribution is -2.41. The number of nitrogens with one attached hydrogen (secondary N) is 1. The molecule has 2 aliphatic rings. The topological polar surface area (TPSA) is 65.1 Å². The minimum atomic E-state index is 0.107. The molecule has 1 heterocycles. The van der Waals surface area contributed by atoms with Gasteiger partial charge in [-0.3, -0.25) is 5.01 Å². The molecule has 0 bridgehead atoms. The summed E-state index contributed by atoms with van der Waals surface area (Å²) in [6, 6.07) is 18.8. The largest absolute Gasteiger partial charge is 0.398 e. The molecular weight excluding hydrogens is 512 g/mol. The monoisotopic (exact) mass is 550 g/mol. The highest BCUT2D eigenvalue weighted by Gasteiger charge is 2.21. The molecule has 4 heteroatoms. The third-order valence-corrected chi connectivity index (χ3v) is 7.22. The molecule has 2 aromatic rings. The first-order chi connectivity index (χ1) is 20.6.